The largest absolute Gasteiger partial charge is 0.332 e. The predicted molar refractivity (Wildman–Crippen MR) is 67.6 cm³/mol. The summed E-state index contributed by atoms with van der Waals surface area (Å²) in [5.41, 5.74) is 0. The Balaban J connectivity index is 2.69. The zero-order valence-corrected chi connectivity index (χ0v) is 11.6. The lowest BCUT2D eigenvalue weighted by molar-refractivity contribution is -0.135. The van der Waals surface area contributed by atoms with Crippen LogP contribution in [0.3, 0.4) is 0 Å². The van der Waals surface area contributed by atoms with Crippen LogP contribution < -0.4 is 0 Å². The van der Waals surface area contributed by atoms with Gasteiger partial charge < -0.3 is 4.90 Å². The summed E-state index contributed by atoms with van der Waals surface area (Å²) in [5, 5.41) is 0.387. The van der Waals surface area contributed by atoms with Crippen LogP contribution in [0.4, 0.5) is 0 Å². The average molecular weight is 243 g/mol. The highest BCUT2D eigenvalue weighted by atomic mass is 32.2. The van der Waals surface area contributed by atoms with Crippen LogP contribution in [0.25, 0.3) is 0 Å². The second-order valence-corrected chi connectivity index (χ2v) is 7.51. The van der Waals surface area contributed by atoms with E-state index in [4.69, 9.17) is 0 Å². The molecule has 0 N–H and O–H groups in total. The molecule has 1 fully saturated rings. The summed E-state index contributed by atoms with van der Waals surface area (Å²) in [5.74, 6) is 0.115. The highest BCUT2D eigenvalue weighted by Crippen LogP contribution is 2.35. The molecule has 0 bridgehead atoms. The van der Waals surface area contributed by atoms with Gasteiger partial charge in [-0.2, -0.15) is 11.8 Å². The Morgan fingerprint density at radius 1 is 1.25 bits per heavy atom. The summed E-state index contributed by atoms with van der Waals surface area (Å²) in [6.45, 7) is 10.3. The SMILES string of the molecule is CC(=O)[C@@H]1CC(SC(C)(C)C)CN1C(C)=O. The molecule has 16 heavy (non-hydrogen) atoms. The summed E-state index contributed by atoms with van der Waals surface area (Å²) in [6, 6.07) is -0.197. The Morgan fingerprint density at radius 3 is 2.12 bits per heavy atom. The van der Waals surface area contributed by atoms with E-state index < -0.39 is 0 Å². The Morgan fingerprint density at radius 2 is 1.81 bits per heavy atom. The Bertz CT molecular complexity index is 274. The van der Waals surface area contributed by atoms with Crippen molar-refractivity contribution in [1.82, 2.24) is 4.90 Å². The van der Waals surface area contributed by atoms with Crippen LogP contribution in [-0.4, -0.2) is 39.2 Å². The zero-order valence-electron chi connectivity index (χ0n) is 10.7. The molecule has 0 radical (unpaired) electrons. The number of carbonyl (C=O) groups is 2. The molecule has 0 aromatic heterocycles. The molecule has 1 amide bonds. The van der Waals surface area contributed by atoms with Crippen molar-refractivity contribution in [3.63, 3.8) is 0 Å². The van der Waals surface area contributed by atoms with E-state index in [2.05, 4.69) is 20.8 Å². The summed E-state index contributed by atoms with van der Waals surface area (Å²) in [4.78, 5) is 24.6. The number of amides is 1. The zero-order chi connectivity index (χ0) is 12.5. The van der Waals surface area contributed by atoms with Crippen molar-refractivity contribution >= 4 is 23.5 Å². The molecule has 0 aromatic rings. The van der Waals surface area contributed by atoms with Gasteiger partial charge in [0.05, 0.1) is 6.04 Å². The van der Waals surface area contributed by atoms with Crippen molar-refractivity contribution in [2.24, 2.45) is 0 Å². The predicted octanol–water partition coefficient (Wildman–Crippen LogP) is 2.10. The maximum absolute atomic E-state index is 11.5. The fourth-order valence-corrected chi connectivity index (χ4v) is 3.63. The van der Waals surface area contributed by atoms with Gasteiger partial charge >= 0.3 is 0 Å². The molecule has 2 atom stereocenters. The number of carbonyl (C=O) groups excluding carboxylic acids is 2. The third kappa shape index (κ3) is 3.51. The van der Waals surface area contributed by atoms with Crippen LogP contribution in [0.5, 0.6) is 0 Å². The number of hydrogen-bond donors (Lipinski definition) is 0. The lowest BCUT2D eigenvalue weighted by Gasteiger charge is -2.22. The molecule has 0 aromatic carbocycles. The van der Waals surface area contributed by atoms with Gasteiger partial charge in [-0.15, -0.1) is 0 Å². The van der Waals surface area contributed by atoms with Gasteiger partial charge in [0.2, 0.25) is 5.91 Å². The minimum Gasteiger partial charge on any atom is -0.332 e. The molecule has 92 valence electrons. The first-order valence-corrected chi connectivity index (χ1v) is 6.54. The number of ketones is 1. The van der Waals surface area contributed by atoms with Crippen LogP contribution in [0.15, 0.2) is 0 Å². The normalized spacial score (nSPS) is 25.9. The lowest BCUT2D eigenvalue weighted by atomic mass is 10.1. The second-order valence-electron chi connectivity index (χ2n) is 5.39. The molecular formula is C12H21NO2S. The average Bonchev–Trinajstić information content (AvgIpc) is 2.44. The molecule has 1 rings (SSSR count). The number of nitrogens with zero attached hydrogens (tertiary/aromatic N) is 1. The summed E-state index contributed by atoms with van der Waals surface area (Å²) < 4.78 is 0.179. The molecule has 0 aliphatic carbocycles. The second kappa shape index (κ2) is 4.78. The Labute approximate surface area is 102 Å². The maximum Gasteiger partial charge on any atom is 0.220 e. The highest BCUT2D eigenvalue weighted by molar-refractivity contribution is 8.01. The van der Waals surface area contributed by atoms with Gasteiger partial charge in [-0.25, -0.2) is 0 Å². The van der Waals surface area contributed by atoms with Gasteiger partial charge in [0, 0.05) is 23.5 Å². The molecule has 3 nitrogen and oxygen atoms in total. The van der Waals surface area contributed by atoms with E-state index in [0.29, 0.717) is 11.8 Å². The summed E-state index contributed by atoms with van der Waals surface area (Å²) >= 11 is 1.86. The van der Waals surface area contributed by atoms with Gasteiger partial charge in [-0.3, -0.25) is 9.59 Å². The minimum absolute atomic E-state index is 0.0113. The van der Waals surface area contributed by atoms with Gasteiger partial charge in [-0.05, 0) is 13.3 Å². The molecule has 4 heteroatoms. The smallest absolute Gasteiger partial charge is 0.220 e. The molecule has 1 unspecified atom stereocenters. The topological polar surface area (TPSA) is 37.4 Å². The molecule has 1 aliphatic heterocycles. The number of Topliss-reactive ketones (excluding diaryl/α,β-unsaturated/α-hetero) is 1. The van der Waals surface area contributed by atoms with Crippen molar-refractivity contribution in [1.29, 1.82) is 0 Å². The first-order chi connectivity index (χ1) is 7.20. The van der Waals surface area contributed by atoms with Crippen molar-refractivity contribution in [3.05, 3.63) is 0 Å². The highest BCUT2D eigenvalue weighted by Gasteiger charge is 2.38. The van der Waals surface area contributed by atoms with E-state index in [-0.39, 0.29) is 22.5 Å². The molecule has 0 spiro atoms. The summed E-state index contributed by atoms with van der Waals surface area (Å²) in [7, 11) is 0. The molecule has 0 saturated carbocycles. The first-order valence-electron chi connectivity index (χ1n) is 5.66. The molecule has 1 aliphatic rings. The maximum atomic E-state index is 11.5. The number of rotatable bonds is 2. The minimum atomic E-state index is -0.197. The van der Waals surface area contributed by atoms with E-state index >= 15 is 0 Å². The molecule has 1 saturated heterocycles. The number of thioether (sulfide) groups is 1. The third-order valence-corrected chi connectivity index (χ3v) is 4.04. The van der Waals surface area contributed by atoms with Crippen LogP contribution in [0.2, 0.25) is 0 Å². The fraction of sp³-hybridized carbons (Fsp3) is 0.833. The lowest BCUT2D eigenvalue weighted by Crippen LogP contribution is -2.38. The van der Waals surface area contributed by atoms with Gasteiger partial charge in [0.1, 0.15) is 0 Å². The van der Waals surface area contributed by atoms with Crippen molar-refractivity contribution < 1.29 is 9.59 Å². The van der Waals surface area contributed by atoms with Crippen LogP contribution in [0.1, 0.15) is 41.0 Å². The van der Waals surface area contributed by atoms with E-state index in [1.54, 1.807) is 18.7 Å². The standard InChI is InChI=1S/C12H21NO2S/c1-8(14)11-6-10(16-12(3,4)5)7-13(11)9(2)15/h10-11H,6-7H2,1-5H3/t10?,11-/m0/s1. The molecule has 1 heterocycles. The summed E-state index contributed by atoms with van der Waals surface area (Å²) in [6.07, 6.45) is 0.802. The Kier molecular flexibility index (Phi) is 4.05. The van der Waals surface area contributed by atoms with Crippen LogP contribution in [-0.2, 0) is 9.59 Å². The quantitative estimate of drug-likeness (QED) is 0.745. The van der Waals surface area contributed by atoms with Crippen molar-refractivity contribution in [2.45, 2.75) is 57.1 Å². The van der Waals surface area contributed by atoms with E-state index in [1.165, 1.54) is 0 Å². The van der Waals surface area contributed by atoms with E-state index in [0.717, 1.165) is 6.42 Å². The number of likely N-dealkylation sites (tertiary alicyclic amines) is 1. The van der Waals surface area contributed by atoms with Gasteiger partial charge in [0.25, 0.3) is 0 Å². The van der Waals surface area contributed by atoms with Gasteiger partial charge in [-0.1, -0.05) is 20.8 Å². The van der Waals surface area contributed by atoms with E-state index in [1.807, 2.05) is 11.8 Å². The van der Waals surface area contributed by atoms with Gasteiger partial charge in [0.15, 0.2) is 5.78 Å². The molecular weight excluding hydrogens is 222 g/mol. The van der Waals surface area contributed by atoms with Crippen LogP contribution in [0, 0.1) is 0 Å². The fourth-order valence-electron chi connectivity index (χ4n) is 2.12. The Hall–Kier alpha value is -0.510. The van der Waals surface area contributed by atoms with Crippen molar-refractivity contribution in [3.8, 4) is 0 Å². The number of hydrogen-bond acceptors (Lipinski definition) is 3. The third-order valence-electron chi connectivity index (χ3n) is 2.66. The first kappa shape index (κ1) is 13.6. The van der Waals surface area contributed by atoms with Crippen molar-refractivity contribution in [2.75, 3.05) is 6.54 Å². The van der Waals surface area contributed by atoms with E-state index in [9.17, 15) is 9.59 Å². The van der Waals surface area contributed by atoms with Crippen LogP contribution >= 0.6 is 11.8 Å². The monoisotopic (exact) mass is 243 g/mol.